The molecule has 0 bridgehead atoms. The van der Waals surface area contributed by atoms with E-state index >= 15 is 4.39 Å². The molecular weight excluding hydrogens is 492 g/mol. The zero-order valence-corrected chi connectivity index (χ0v) is 19.4. The topological polar surface area (TPSA) is 118 Å². The van der Waals surface area contributed by atoms with E-state index in [1.165, 1.54) is 24.3 Å². The van der Waals surface area contributed by atoms with Crippen LogP contribution < -0.4 is 0 Å². The third-order valence-corrected chi connectivity index (χ3v) is 6.66. The Morgan fingerprint density at radius 3 is 2.65 bits per heavy atom. The number of rotatable bonds is 6. The fourth-order valence-electron chi connectivity index (χ4n) is 4.69. The van der Waals surface area contributed by atoms with Gasteiger partial charge in [-0.3, -0.25) is 0 Å². The second-order valence-corrected chi connectivity index (χ2v) is 8.88. The molecule has 0 N–H and O–H groups in total. The Kier molecular flexibility index (Phi) is 6.49. The number of carbonyl (C=O) groups excluding carboxylic acids is 3. The average molecular weight is 513 g/mol. The van der Waals surface area contributed by atoms with E-state index in [1.54, 1.807) is 12.1 Å². The van der Waals surface area contributed by atoms with Gasteiger partial charge in [-0.2, -0.15) is 5.26 Å². The molecule has 2 aromatic carbocycles. The smallest absolute Gasteiger partial charge is 0.434 e. The number of carbonyl (C=O) groups is 3. The molecule has 3 heterocycles. The average Bonchev–Trinajstić information content (AvgIpc) is 3.14. The lowest BCUT2D eigenvalue weighted by atomic mass is 9.89. The van der Waals surface area contributed by atoms with Crippen LogP contribution in [0, 0.1) is 23.0 Å². The molecule has 3 fully saturated rings. The van der Waals surface area contributed by atoms with Crippen LogP contribution in [0.1, 0.15) is 24.0 Å². The van der Waals surface area contributed by atoms with Crippen molar-refractivity contribution in [1.29, 1.82) is 5.26 Å². The Morgan fingerprint density at radius 2 is 1.89 bits per heavy atom. The van der Waals surface area contributed by atoms with Crippen molar-refractivity contribution in [1.82, 2.24) is 9.96 Å². The summed E-state index contributed by atoms with van der Waals surface area (Å²) < 4.78 is 45.7. The number of benzene rings is 2. The van der Waals surface area contributed by atoms with Crippen LogP contribution in [-0.4, -0.2) is 66.1 Å². The number of amides is 1. The van der Waals surface area contributed by atoms with Crippen molar-refractivity contribution in [2.75, 3.05) is 26.2 Å². The predicted molar refractivity (Wildman–Crippen MR) is 119 cm³/mol. The number of piperidine rings is 1. The minimum atomic E-state index is -1.28. The first-order chi connectivity index (χ1) is 17.8. The number of hydrogen-bond acceptors (Lipinski definition) is 9. The second kappa shape index (κ2) is 9.76. The minimum absolute atomic E-state index is 0.0786. The first-order valence-corrected chi connectivity index (χ1v) is 11.5. The number of nitriles is 1. The molecule has 3 saturated heterocycles. The van der Waals surface area contributed by atoms with Crippen LogP contribution in [0.4, 0.5) is 13.6 Å². The summed E-state index contributed by atoms with van der Waals surface area (Å²) in [7, 11) is 0. The van der Waals surface area contributed by atoms with E-state index in [9.17, 15) is 18.8 Å². The van der Waals surface area contributed by atoms with Gasteiger partial charge >= 0.3 is 18.0 Å². The summed E-state index contributed by atoms with van der Waals surface area (Å²) in [6.07, 6.45) is -1.35. The van der Waals surface area contributed by atoms with E-state index < -0.39 is 41.5 Å². The van der Waals surface area contributed by atoms with Crippen LogP contribution in [0.15, 0.2) is 36.4 Å². The van der Waals surface area contributed by atoms with Gasteiger partial charge in [-0.05, 0) is 23.8 Å². The fourth-order valence-corrected chi connectivity index (χ4v) is 4.69. The summed E-state index contributed by atoms with van der Waals surface area (Å²) in [6.45, 7) is 1.64. The largest absolute Gasteiger partial charge is 0.447 e. The molecule has 192 valence electrons. The number of halogens is 2. The van der Waals surface area contributed by atoms with Crippen molar-refractivity contribution in [2.24, 2.45) is 0 Å². The molecule has 37 heavy (non-hydrogen) atoms. The van der Waals surface area contributed by atoms with Crippen LogP contribution >= 0.6 is 0 Å². The lowest BCUT2D eigenvalue weighted by Gasteiger charge is -2.40. The van der Waals surface area contributed by atoms with Gasteiger partial charge < -0.3 is 23.9 Å². The maximum absolute atomic E-state index is 15.1. The summed E-state index contributed by atoms with van der Waals surface area (Å²) in [5.41, 5.74) is -0.579. The van der Waals surface area contributed by atoms with Gasteiger partial charge in [-0.1, -0.05) is 23.3 Å². The zero-order valence-electron chi connectivity index (χ0n) is 19.4. The normalized spacial score (nSPS) is 20.7. The lowest BCUT2D eigenvalue weighted by Crippen LogP contribution is -2.57. The number of esters is 1. The monoisotopic (exact) mass is 513 g/mol. The molecule has 1 unspecified atom stereocenters. The molecule has 0 aromatic heterocycles. The number of ether oxygens (including phenoxy) is 3. The Balaban J connectivity index is 1.15. The Morgan fingerprint density at radius 1 is 1.11 bits per heavy atom. The number of hydrogen-bond donors (Lipinski definition) is 0. The van der Waals surface area contributed by atoms with Gasteiger partial charge in [-0.25, -0.2) is 23.2 Å². The number of nitrogens with zero attached hydrogens (tertiary/aromatic N) is 3. The summed E-state index contributed by atoms with van der Waals surface area (Å²) in [6, 6.07) is 10.5. The third-order valence-electron chi connectivity index (χ3n) is 6.66. The Bertz CT molecular complexity index is 1300. The van der Waals surface area contributed by atoms with Crippen molar-refractivity contribution in [3.05, 3.63) is 59.2 Å². The molecule has 0 saturated carbocycles. The van der Waals surface area contributed by atoms with Crippen LogP contribution in [0.2, 0.25) is 0 Å². The SMILES string of the molecule is N#Cc1cccc(-c2c(F)ccc(COCCN3CCC4(CC3)OC(=O)N3OC(=O)C(=O)OC34)c2F)c1. The summed E-state index contributed by atoms with van der Waals surface area (Å²) in [5.74, 6) is -3.93. The molecule has 0 aliphatic carbocycles. The molecule has 1 spiro atoms. The number of hydroxylamine groups is 2. The molecule has 5 rings (SSSR count). The summed E-state index contributed by atoms with van der Waals surface area (Å²) in [5, 5.41) is 9.73. The zero-order chi connectivity index (χ0) is 26.2. The van der Waals surface area contributed by atoms with Gasteiger partial charge in [0.25, 0.3) is 6.23 Å². The lowest BCUT2D eigenvalue weighted by molar-refractivity contribution is -0.251. The highest BCUT2D eigenvalue weighted by Gasteiger charge is 2.62. The van der Waals surface area contributed by atoms with E-state index in [0.717, 1.165) is 0 Å². The highest BCUT2D eigenvalue weighted by atomic mass is 19.1. The maximum Gasteiger partial charge on any atom is 0.447 e. The van der Waals surface area contributed by atoms with Gasteiger partial charge in [0.15, 0.2) is 5.60 Å². The van der Waals surface area contributed by atoms with E-state index in [2.05, 4.69) is 0 Å². The van der Waals surface area contributed by atoms with Gasteiger partial charge in [0, 0.05) is 38.0 Å². The van der Waals surface area contributed by atoms with Crippen molar-refractivity contribution in [3.63, 3.8) is 0 Å². The van der Waals surface area contributed by atoms with Crippen LogP contribution in [0.3, 0.4) is 0 Å². The Labute approximate surface area is 209 Å². The quantitative estimate of drug-likeness (QED) is 0.326. The van der Waals surface area contributed by atoms with Crippen LogP contribution in [-0.2, 0) is 35.2 Å². The maximum atomic E-state index is 15.1. The molecule has 2 aromatic rings. The fraction of sp³-hybridized carbons (Fsp3) is 0.360. The van der Waals surface area contributed by atoms with Gasteiger partial charge in [0.2, 0.25) is 0 Å². The first-order valence-electron chi connectivity index (χ1n) is 11.5. The molecule has 3 aliphatic heterocycles. The molecule has 12 heteroatoms. The van der Waals surface area contributed by atoms with E-state index in [0.29, 0.717) is 43.1 Å². The summed E-state index contributed by atoms with van der Waals surface area (Å²) >= 11 is 0. The molecule has 0 radical (unpaired) electrons. The molecule has 3 aliphatic rings. The van der Waals surface area contributed by atoms with Crippen LogP contribution in [0.25, 0.3) is 11.1 Å². The van der Waals surface area contributed by atoms with Crippen molar-refractivity contribution < 1.29 is 42.2 Å². The highest BCUT2D eigenvalue weighted by molar-refractivity contribution is 6.30. The highest BCUT2D eigenvalue weighted by Crippen LogP contribution is 2.41. The molecule has 10 nitrogen and oxygen atoms in total. The Hall–Kier alpha value is -4.08. The first kappa shape index (κ1) is 24.6. The van der Waals surface area contributed by atoms with Gasteiger partial charge in [0.05, 0.1) is 30.4 Å². The van der Waals surface area contributed by atoms with Crippen LogP contribution in [0.5, 0.6) is 0 Å². The van der Waals surface area contributed by atoms with Crippen molar-refractivity contribution in [2.45, 2.75) is 31.3 Å². The third kappa shape index (κ3) is 4.59. The van der Waals surface area contributed by atoms with E-state index in [1.807, 2.05) is 11.0 Å². The summed E-state index contributed by atoms with van der Waals surface area (Å²) in [4.78, 5) is 41.9. The van der Waals surface area contributed by atoms with Gasteiger partial charge in [0.1, 0.15) is 11.6 Å². The minimum Gasteiger partial charge on any atom is -0.434 e. The van der Waals surface area contributed by atoms with E-state index in [-0.39, 0.29) is 29.9 Å². The van der Waals surface area contributed by atoms with Crippen molar-refractivity contribution >= 4 is 18.0 Å². The molecule has 1 amide bonds. The number of fused-ring (bicyclic) bond motifs is 2. The molecule has 1 atom stereocenters. The van der Waals surface area contributed by atoms with Crippen molar-refractivity contribution in [3.8, 4) is 17.2 Å². The second-order valence-electron chi connectivity index (χ2n) is 8.88. The molecular formula is C25H21F2N3O7. The number of likely N-dealkylation sites (tertiary alicyclic amines) is 1. The van der Waals surface area contributed by atoms with E-state index in [4.69, 9.17) is 24.3 Å². The predicted octanol–water partition coefficient (Wildman–Crippen LogP) is 2.65. The standard InChI is InChI=1S/C25H21F2N3O7/c26-18-5-4-17(20(27)19(18)16-3-1-2-15(12-16)13-28)14-34-11-10-29-8-6-25(7-9-29)23-30(24(33)36-25)37-22(32)21(31)35-23/h1-5,12,23H,6-11,14H2. The van der Waals surface area contributed by atoms with Gasteiger partial charge in [-0.15, -0.1) is 0 Å².